The highest BCUT2D eigenvalue weighted by Crippen LogP contribution is 2.50. The van der Waals surface area contributed by atoms with E-state index in [4.69, 9.17) is 0 Å². The van der Waals surface area contributed by atoms with Crippen molar-refractivity contribution in [1.29, 1.82) is 21.0 Å². The second-order valence-electron chi connectivity index (χ2n) is 3.94. The van der Waals surface area contributed by atoms with Crippen molar-refractivity contribution in [2.45, 2.75) is 11.8 Å². The molecule has 0 spiro atoms. The predicted molar refractivity (Wildman–Crippen MR) is 56.7 cm³/mol. The second-order valence-corrected chi connectivity index (χ2v) is 3.94. The SMILES string of the molecule is N#CC1(C#N)Cc2ccccc2C1(C#N)C#N. The van der Waals surface area contributed by atoms with Gasteiger partial charge >= 0.3 is 0 Å². The Labute approximate surface area is 98.6 Å². The van der Waals surface area contributed by atoms with Gasteiger partial charge in [0.1, 0.15) is 0 Å². The Bertz CT molecular complexity index is 618. The fourth-order valence-corrected chi connectivity index (χ4v) is 2.30. The zero-order chi connectivity index (χ0) is 12.5. The van der Waals surface area contributed by atoms with Crippen molar-refractivity contribution in [1.82, 2.24) is 0 Å². The molecule has 1 aromatic rings. The molecule has 4 nitrogen and oxygen atoms in total. The Morgan fingerprint density at radius 1 is 0.882 bits per heavy atom. The topological polar surface area (TPSA) is 95.2 Å². The van der Waals surface area contributed by atoms with Crippen molar-refractivity contribution < 1.29 is 0 Å². The molecule has 1 aliphatic rings. The Balaban J connectivity index is 2.85. The van der Waals surface area contributed by atoms with Gasteiger partial charge in [-0.1, -0.05) is 24.3 Å². The lowest BCUT2D eigenvalue weighted by atomic mass is 9.67. The van der Waals surface area contributed by atoms with Crippen LogP contribution in [0.3, 0.4) is 0 Å². The molecule has 0 saturated heterocycles. The first kappa shape index (κ1) is 10.7. The molecule has 0 aromatic heterocycles. The largest absolute Gasteiger partial charge is 0.200 e. The lowest BCUT2D eigenvalue weighted by Gasteiger charge is -2.23. The zero-order valence-electron chi connectivity index (χ0n) is 8.81. The molecular weight excluding hydrogens is 212 g/mol. The Morgan fingerprint density at radius 3 is 2.00 bits per heavy atom. The first-order valence-corrected chi connectivity index (χ1v) is 4.93. The molecule has 0 radical (unpaired) electrons. The molecule has 0 heterocycles. The van der Waals surface area contributed by atoms with Gasteiger partial charge in [-0.3, -0.25) is 0 Å². The Kier molecular flexibility index (Phi) is 2.10. The van der Waals surface area contributed by atoms with Crippen LogP contribution >= 0.6 is 0 Å². The maximum atomic E-state index is 9.29. The molecule has 0 unspecified atom stereocenters. The summed E-state index contributed by atoms with van der Waals surface area (Å²) in [6.07, 6.45) is 0.122. The van der Waals surface area contributed by atoms with E-state index in [1.165, 1.54) is 0 Å². The minimum atomic E-state index is -1.69. The first-order chi connectivity index (χ1) is 8.19. The molecule has 1 aliphatic carbocycles. The fraction of sp³-hybridized carbons (Fsp3) is 0.231. The van der Waals surface area contributed by atoms with Gasteiger partial charge in [-0.15, -0.1) is 0 Å². The predicted octanol–water partition coefficient (Wildman–Crippen LogP) is 1.56. The van der Waals surface area contributed by atoms with E-state index >= 15 is 0 Å². The number of fused-ring (bicyclic) bond motifs is 1. The van der Waals surface area contributed by atoms with Gasteiger partial charge in [0, 0.05) is 6.42 Å². The molecule has 0 saturated carbocycles. The molecular formula is C13H6N4. The van der Waals surface area contributed by atoms with Crippen LogP contribution in [0.15, 0.2) is 24.3 Å². The quantitative estimate of drug-likeness (QED) is 0.660. The maximum Gasteiger partial charge on any atom is 0.200 e. The van der Waals surface area contributed by atoms with E-state index in [1.807, 2.05) is 24.3 Å². The Morgan fingerprint density at radius 2 is 1.47 bits per heavy atom. The molecule has 0 aliphatic heterocycles. The summed E-state index contributed by atoms with van der Waals surface area (Å²) in [5.41, 5.74) is -2.10. The van der Waals surface area contributed by atoms with Crippen molar-refractivity contribution in [3.05, 3.63) is 35.4 Å². The van der Waals surface area contributed by atoms with E-state index in [0.717, 1.165) is 5.56 Å². The van der Waals surface area contributed by atoms with Gasteiger partial charge in [-0.25, -0.2) is 0 Å². The van der Waals surface area contributed by atoms with E-state index in [-0.39, 0.29) is 6.42 Å². The lowest BCUT2D eigenvalue weighted by molar-refractivity contribution is 0.435. The monoisotopic (exact) mass is 218 g/mol. The minimum absolute atomic E-state index is 0.122. The first-order valence-electron chi connectivity index (χ1n) is 4.93. The van der Waals surface area contributed by atoms with Crippen LogP contribution in [0.5, 0.6) is 0 Å². The highest BCUT2D eigenvalue weighted by atomic mass is 14.6. The van der Waals surface area contributed by atoms with E-state index in [0.29, 0.717) is 5.56 Å². The standard InChI is InChI=1S/C13H6N4/c14-6-12(7-15)5-10-3-1-2-4-11(10)13(12,8-16)9-17/h1-4H,5H2. The third-order valence-electron chi connectivity index (χ3n) is 3.23. The summed E-state index contributed by atoms with van der Waals surface area (Å²) < 4.78 is 0. The van der Waals surface area contributed by atoms with Crippen molar-refractivity contribution in [2.75, 3.05) is 0 Å². The number of nitriles is 4. The van der Waals surface area contributed by atoms with Crippen LogP contribution in [0.25, 0.3) is 0 Å². The average molecular weight is 218 g/mol. The van der Waals surface area contributed by atoms with Crippen LogP contribution in [-0.4, -0.2) is 0 Å². The highest BCUT2D eigenvalue weighted by Gasteiger charge is 2.61. The van der Waals surface area contributed by atoms with Gasteiger partial charge in [-0.2, -0.15) is 21.0 Å². The molecule has 0 fully saturated rings. The molecule has 2 rings (SSSR count). The molecule has 17 heavy (non-hydrogen) atoms. The second kappa shape index (κ2) is 3.34. The summed E-state index contributed by atoms with van der Waals surface area (Å²) in [6.45, 7) is 0. The van der Waals surface area contributed by atoms with E-state index < -0.39 is 10.8 Å². The number of nitrogens with zero attached hydrogens (tertiary/aromatic N) is 4. The van der Waals surface area contributed by atoms with Gasteiger partial charge in [0.25, 0.3) is 0 Å². The van der Waals surface area contributed by atoms with E-state index in [9.17, 15) is 21.0 Å². The van der Waals surface area contributed by atoms with Crippen LogP contribution < -0.4 is 0 Å². The molecule has 4 heteroatoms. The lowest BCUT2D eigenvalue weighted by Crippen LogP contribution is -2.38. The third-order valence-corrected chi connectivity index (χ3v) is 3.23. The van der Waals surface area contributed by atoms with Crippen molar-refractivity contribution >= 4 is 0 Å². The van der Waals surface area contributed by atoms with Crippen molar-refractivity contribution in [3.8, 4) is 24.3 Å². The summed E-state index contributed by atoms with van der Waals surface area (Å²) in [7, 11) is 0. The fourth-order valence-electron chi connectivity index (χ4n) is 2.30. The van der Waals surface area contributed by atoms with E-state index in [2.05, 4.69) is 0 Å². The number of rotatable bonds is 0. The van der Waals surface area contributed by atoms with Gasteiger partial charge in [0.2, 0.25) is 5.41 Å². The summed E-state index contributed by atoms with van der Waals surface area (Å²) in [4.78, 5) is 0. The summed E-state index contributed by atoms with van der Waals surface area (Å²) >= 11 is 0. The average Bonchev–Trinajstić information content (AvgIpc) is 2.69. The Hall–Kier alpha value is -2.82. The molecule has 0 amide bonds. The molecule has 0 bridgehead atoms. The van der Waals surface area contributed by atoms with Crippen LogP contribution in [0.4, 0.5) is 0 Å². The van der Waals surface area contributed by atoms with Crippen LogP contribution in [-0.2, 0) is 11.8 Å². The molecule has 0 atom stereocenters. The summed E-state index contributed by atoms with van der Waals surface area (Å²) in [5, 5.41) is 37.0. The van der Waals surface area contributed by atoms with Crippen LogP contribution in [0, 0.1) is 50.7 Å². The van der Waals surface area contributed by atoms with Gasteiger partial charge in [0.15, 0.2) is 5.41 Å². The summed E-state index contributed by atoms with van der Waals surface area (Å²) in [5.74, 6) is 0. The zero-order valence-corrected chi connectivity index (χ0v) is 8.81. The van der Waals surface area contributed by atoms with Crippen molar-refractivity contribution in [2.24, 2.45) is 5.41 Å². The number of hydrogen-bond acceptors (Lipinski definition) is 4. The van der Waals surface area contributed by atoms with Gasteiger partial charge in [0.05, 0.1) is 24.3 Å². The van der Waals surface area contributed by atoms with Crippen LogP contribution in [0.2, 0.25) is 0 Å². The third kappa shape index (κ3) is 1.02. The van der Waals surface area contributed by atoms with Crippen molar-refractivity contribution in [3.63, 3.8) is 0 Å². The van der Waals surface area contributed by atoms with Crippen LogP contribution in [0.1, 0.15) is 11.1 Å². The van der Waals surface area contributed by atoms with Gasteiger partial charge < -0.3 is 0 Å². The number of benzene rings is 1. The normalized spacial score (nSPS) is 17.9. The summed E-state index contributed by atoms with van der Waals surface area (Å²) in [6, 6.07) is 14.3. The minimum Gasteiger partial charge on any atom is -0.196 e. The molecule has 0 N–H and O–H groups in total. The maximum absolute atomic E-state index is 9.29. The van der Waals surface area contributed by atoms with Gasteiger partial charge in [-0.05, 0) is 11.1 Å². The van der Waals surface area contributed by atoms with E-state index in [1.54, 1.807) is 24.3 Å². The molecule has 78 valence electrons. The number of hydrogen-bond donors (Lipinski definition) is 0. The highest BCUT2D eigenvalue weighted by molar-refractivity contribution is 5.59. The molecule has 1 aromatic carbocycles. The smallest absolute Gasteiger partial charge is 0.196 e.